The van der Waals surface area contributed by atoms with Crippen LogP contribution in [0.15, 0.2) is 24.3 Å². The molecule has 0 aliphatic carbocycles. The van der Waals surface area contributed by atoms with Crippen molar-refractivity contribution >= 4 is 41.4 Å². The van der Waals surface area contributed by atoms with Crippen LogP contribution in [-0.2, 0) is 40.0 Å². The zero-order valence-corrected chi connectivity index (χ0v) is 43.3. The van der Waals surface area contributed by atoms with E-state index in [1.807, 2.05) is 0 Å². The quantitative estimate of drug-likeness (QED) is 0.0696. The minimum absolute atomic E-state index is 0.0349. The first-order valence-electron chi connectivity index (χ1n) is 26.7. The maximum Gasteiger partial charge on any atom is 0.248 e. The van der Waals surface area contributed by atoms with Gasteiger partial charge in [-0.15, -0.1) is 0 Å². The summed E-state index contributed by atoms with van der Waals surface area (Å²) in [6.45, 7) is 4.94. The molecule has 0 unspecified atom stereocenters. The largest absolute Gasteiger partial charge is 0.508 e. The zero-order valence-electron chi connectivity index (χ0n) is 43.3. The van der Waals surface area contributed by atoms with E-state index >= 15 is 0 Å². The van der Waals surface area contributed by atoms with Crippen molar-refractivity contribution in [2.24, 2.45) is 5.92 Å². The van der Waals surface area contributed by atoms with E-state index in [-0.39, 0.29) is 31.6 Å². The summed E-state index contributed by atoms with van der Waals surface area (Å²) in [6, 6.07) is -4.60. The number of carbonyl (C=O) groups is 7. The summed E-state index contributed by atoms with van der Waals surface area (Å²) in [6.07, 6.45) is 6.46. The second-order valence-corrected chi connectivity index (χ2v) is 20.6. The predicted molar refractivity (Wildman–Crippen MR) is 269 cm³/mol. The average Bonchev–Trinajstić information content (AvgIpc) is 3.89. The molecule has 0 aromatic heterocycles. The number of nitrogens with zero attached hydrogens (tertiary/aromatic N) is 2. The van der Waals surface area contributed by atoms with Gasteiger partial charge in [-0.2, -0.15) is 0 Å². The predicted octanol–water partition coefficient (Wildman–Crippen LogP) is 0.308. The van der Waals surface area contributed by atoms with Crippen molar-refractivity contribution in [2.75, 3.05) is 19.6 Å². The Morgan fingerprint density at radius 2 is 1.15 bits per heavy atom. The molecule has 3 aliphatic rings. The van der Waals surface area contributed by atoms with Crippen molar-refractivity contribution in [1.82, 2.24) is 36.4 Å². The molecular weight excluding hydrogens is 947 g/mol. The van der Waals surface area contributed by atoms with Gasteiger partial charge in [0.1, 0.15) is 42.0 Å². The lowest BCUT2D eigenvalue weighted by Gasteiger charge is -2.33. The summed E-state index contributed by atoms with van der Waals surface area (Å²) >= 11 is 0. The third-order valence-electron chi connectivity index (χ3n) is 14.3. The standard InChI is InChI=1S/C52H85N7O14/c1-5-6-7-8-9-10-11-12-13-14-15-16-17-18-19-20-41(66)54-38-26-36(63)28-53-50(71)45-46(67)31(2)29-59(45)52(73)43(33(4)61)56-49(70)44(40(65)25-34-21-23-35(62)24-22-34)57-48(69)39-27-37(64)30-58(39)51(72)42(32(3)60)55-47(38)68/h21-24,31-33,36-40,42-46,60-65,67H,5-20,25-30H2,1-4H3,(H,53,71)(H,54,66)(H,55,68)(H,56,70)(H,57,69)/t31-,32+,33+,36+,37+,38+,39-,40+,42-,43-,44-,45-,46-/m0/s1. The fourth-order valence-corrected chi connectivity index (χ4v) is 9.90. The topological polar surface area (TPSA) is 328 Å². The molecule has 0 spiro atoms. The van der Waals surface area contributed by atoms with Crippen LogP contribution in [0.25, 0.3) is 0 Å². The molecule has 0 radical (unpaired) electrons. The Hall–Kier alpha value is -4.93. The number of aliphatic hydroxyl groups is 6. The van der Waals surface area contributed by atoms with Crippen LogP contribution in [0.3, 0.4) is 0 Å². The number of hydrogen-bond acceptors (Lipinski definition) is 14. The zero-order chi connectivity index (χ0) is 53.8. The summed E-state index contributed by atoms with van der Waals surface area (Å²) in [5.74, 6) is -7.53. The number of phenolic OH excluding ortho intramolecular Hbond substituents is 1. The minimum Gasteiger partial charge on any atom is -0.508 e. The smallest absolute Gasteiger partial charge is 0.248 e. The number of carbonyl (C=O) groups excluding carboxylic acids is 7. The third kappa shape index (κ3) is 18.7. The normalized spacial score (nSPS) is 28.2. The molecule has 21 heteroatoms. The van der Waals surface area contributed by atoms with E-state index in [1.165, 1.54) is 95.9 Å². The Morgan fingerprint density at radius 1 is 0.644 bits per heavy atom. The molecule has 1 aromatic carbocycles. The molecule has 3 aliphatic heterocycles. The first-order chi connectivity index (χ1) is 34.7. The van der Waals surface area contributed by atoms with Crippen molar-refractivity contribution in [2.45, 2.75) is 223 Å². The molecule has 13 atom stereocenters. The van der Waals surface area contributed by atoms with E-state index in [9.17, 15) is 69.3 Å². The number of phenols is 1. The number of fused-ring (bicyclic) bond motifs is 2. The molecule has 3 saturated heterocycles. The van der Waals surface area contributed by atoms with E-state index in [0.717, 1.165) is 41.9 Å². The van der Waals surface area contributed by atoms with Gasteiger partial charge in [0.2, 0.25) is 41.4 Å². The van der Waals surface area contributed by atoms with E-state index in [4.69, 9.17) is 0 Å². The van der Waals surface area contributed by atoms with Crippen LogP contribution in [0.5, 0.6) is 5.75 Å². The van der Waals surface area contributed by atoms with Crippen LogP contribution in [0, 0.1) is 5.92 Å². The maximum absolute atomic E-state index is 14.3. The second kappa shape index (κ2) is 30.4. The summed E-state index contributed by atoms with van der Waals surface area (Å²) in [4.78, 5) is 100. The SMILES string of the molecule is CCCCCCCCCCCCCCCCCC(=O)N[C@@H]1C[C@@H](O)CNC(=O)[C@@H]2[C@@H](O)[C@@H](C)CN2C(=O)[C@H]([C@@H](C)O)NC(=O)[C@H]([C@H](O)Cc2ccc(O)cc2)NC(=O)[C@@H]2C[C@@H](O)CN2C(=O)[C@H]([C@@H](C)O)NC1=O. The maximum atomic E-state index is 14.3. The lowest BCUT2D eigenvalue weighted by molar-refractivity contribution is -0.147. The molecule has 4 rings (SSSR count). The average molecular weight is 1030 g/mol. The number of benzene rings is 1. The van der Waals surface area contributed by atoms with Crippen molar-refractivity contribution in [3.63, 3.8) is 0 Å². The lowest BCUT2D eigenvalue weighted by atomic mass is 9.99. The van der Waals surface area contributed by atoms with Gasteiger partial charge < -0.3 is 72.1 Å². The first-order valence-corrected chi connectivity index (χ1v) is 26.7. The van der Waals surface area contributed by atoms with Crippen molar-refractivity contribution < 1.29 is 69.3 Å². The Bertz CT molecular complexity index is 1940. The highest BCUT2D eigenvalue weighted by atomic mass is 16.3. The highest BCUT2D eigenvalue weighted by Gasteiger charge is 2.49. The number of hydrogen-bond donors (Lipinski definition) is 12. The molecule has 12 N–H and O–H groups in total. The molecule has 3 heterocycles. The minimum atomic E-state index is -1.91. The highest BCUT2D eigenvalue weighted by molar-refractivity contribution is 5.98. The third-order valence-corrected chi connectivity index (χ3v) is 14.3. The number of nitrogens with one attached hydrogen (secondary N) is 5. The number of aliphatic hydroxyl groups excluding tert-OH is 6. The number of unbranched alkanes of at least 4 members (excludes halogenated alkanes) is 14. The van der Waals surface area contributed by atoms with Gasteiger partial charge >= 0.3 is 0 Å². The second-order valence-electron chi connectivity index (χ2n) is 20.6. The van der Waals surface area contributed by atoms with Crippen LogP contribution in [0.2, 0.25) is 0 Å². The molecule has 73 heavy (non-hydrogen) atoms. The van der Waals surface area contributed by atoms with Gasteiger partial charge in [0.05, 0.1) is 36.6 Å². The Kier molecular flexibility index (Phi) is 25.3. The molecule has 1 aromatic rings. The summed E-state index contributed by atoms with van der Waals surface area (Å²) in [5, 5.41) is 88.9. The van der Waals surface area contributed by atoms with E-state index in [2.05, 4.69) is 33.5 Å². The van der Waals surface area contributed by atoms with Crippen LogP contribution >= 0.6 is 0 Å². The molecule has 3 fully saturated rings. The molecule has 7 amide bonds. The highest BCUT2D eigenvalue weighted by Crippen LogP contribution is 2.26. The van der Waals surface area contributed by atoms with Gasteiger partial charge in [-0.25, -0.2) is 0 Å². The van der Waals surface area contributed by atoms with Crippen LogP contribution < -0.4 is 26.6 Å². The number of rotatable bonds is 22. The van der Waals surface area contributed by atoms with Crippen molar-refractivity contribution in [1.29, 1.82) is 0 Å². The van der Waals surface area contributed by atoms with Gasteiger partial charge in [-0.05, 0) is 38.0 Å². The monoisotopic (exact) mass is 1030 g/mol. The molecular formula is C52H85N7O14. The van der Waals surface area contributed by atoms with Gasteiger partial charge in [0.15, 0.2) is 0 Å². The van der Waals surface area contributed by atoms with E-state index in [1.54, 1.807) is 6.92 Å². The molecule has 412 valence electrons. The fourth-order valence-electron chi connectivity index (χ4n) is 9.90. The number of aromatic hydroxyl groups is 1. The van der Waals surface area contributed by atoms with Crippen molar-refractivity contribution in [3.05, 3.63) is 29.8 Å². The Morgan fingerprint density at radius 3 is 1.70 bits per heavy atom. The van der Waals surface area contributed by atoms with Crippen LogP contribution in [-0.4, -0.2) is 179 Å². The summed E-state index contributed by atoms with van der Waals surface area (Å²) in [7, 11) is 0. The molecule has 0 saturated carbocycles. The summed E-state index contributed by atoms with van der Waals surface area (Å²) in [5.41, 5.74) is 0.403. The van der Waals surface area contributed by atoms with Crippen molar-refractivity contribution in [3.8, 4) is 5.75 Å². The van der Waals surface area contributed by atoms with Crippen LogP contribution in [0.4, 0.5) is 0 Å². The first kappa shape index (κ1) is 60.6. The van der Waals surface area contributed by atoms with Crippen LogP contribution in [0.1, 0.15) is 149 Å². The Balaban J connectivity index is 1.56. The van der Waals surface area contributed by atoms with E-state index in [0.29, 0.717) is 12.0 Å². The number of amides is 7. The van der Waals surface area contributed by atoms with E-state index < -0.39 is 140 Å². The van der Waals surface area contributed by atoms with Gasteiger partial charge in [0, 0.05) is 51.2 Å². The van der Waals surface area contributed by atoms with Gasteiger partial charge in [-0.1, -0.05) is 116 Å². The lowest BCUT2D eigenvalue weighted by Crippen LogP contribution is -2.64. The Labute approximate surface area is 429 Å². The fraction of sp³-hybridized carbons (Fsp3) is 0.750. The number of β-amino-alcohol motifs (C(OH)–C–C–N with tert-alkyl or cyclic N) is 1. The molecule has 0 bridgehead atoms. The summed E-state index contributed by atoms with van der Waals surface area (Å²) < 4.78 is 0. The molecule has 21 nitrogen and oxygen atoms in total. The van der Waals surface area contributed by atoms with Gasteiger partial charge in [-0.3, -0.25) is 33.6 Å². The van der Waals surface area contributed by atoms with Gasteiger partial charge in [0.25, 0.3) is 0 Å².